The van der Waals surface area contributed by atoms with Gasteiger partial charge >= 0.3 is 0 Å². The number of nitrogens with one attached hydrogen (secondary N) is 1. The summed E-state index contributed by atoms with van der Waals surface area (Å²) in [5.41, 5.74) is 2.29. The van der Waals surface area contributed by atoms with Gasteiger partial charge in [-0.2, -0.15) is 0 Å². The lowest BCUT2D eigenvalue weighted by molar-refractivity contribution is 0.552. The average molecular weight is 270 g/mol. The summed E-state index contributed by atoms with van der Waals surface area (Å²) < 4.78 is 1.32. The smallest absolute Gasteiger partial charge is 0.112 e. The van der Waals surface area contributed by atoms with Crippen molar-refractivity contribution in [3.05, 3.63) is 41.9 Å². The zero-order valence-electron chi connectivity index (χ0n) is 11.7. The van der Waals surface area contributed by atoms with E-state index < -0.39 is 0 Å². The highest BCUT2D eigenvalue weighted by Crippen LogP contribution is 2.35. The Morgan fingerprint density at radius 3 is 2.53 bits per heavy atom. The molecule has 2 heterocycles. The number of aromatic amines is 1. The van der Waals surface area contributed by atoms with Crippen LogP contribution in [0.2, 0.25) is 0 Å². The quantitative estimate of drug-likeness (QED) is 0.669. The fraction of sp³-hybridized carbons (Fsp3) is 0.312. The van der Waals surface area contributed by atoms with E-state index >= 15 is 0 Å². The number of aryl methyl sites for hydroxylation is 1. The number of imidazole rings is 1. The van der Waals surface area contributed by atoms with Crippen molar-refractivity contribution in [1.82, 2.24) is 9.97 Å². The minimum absolute atomic E-state index is 0.0553. The van der Waals surface area contributed by atoms with Crippen LogP contribution in [0.5, 0.6) is 0 Å². The molecule has 0 aliphatic rings. The summed E-state index contributed by atoms with van der Waals surface area (Å²) in [6.07, 6.45) is 0. The maximum atomic E-state index is 4.80. The zero-order valence-corrected chi connectivity index (χ0v) is 12.6. The molecule has 0 unspecified atom stereocenters. The molecular weight excluding hydrogens is 252 g/mol. The third-order valence-corrected chi connectivity index (χ3v) is 4.38. The molecular formula is C16H18N2S. The summed E-state index contributed by atoms with van der Waals surface area (Å²) >= 11 is 1.81. The van der Waals surface area contributed by atoms with Gasteiger partial charge in [0.25, 0.3) is 0 Å². The minimum Gasteiger partial charge on any atom is -0.345 e. The van der Waals surface area contributed by atoms with E-state index in [4.69, 9.17) is 4.98 Å². The monoisotopic (exact) mass is 270 g/mol. The van der Waals surface area contributed by atoms with E-state index in [9.17, 15) is 0 Å². The first kappa shape index (κ1) is 12.4. The Morgan fingerprint density at radius 1 is 1.16 bits per heavy atom. The third-order valence-electron chi connectivity index (χ3n) is 3.25. The van der Waals surface area contributed by atoms with Crippen molar-refractivity contribution in [3.8, 4) is 10.6 Å². The minimum atomic E-state index is 0.0553. The van der Waals surface area contributed by atoms with Crippen molar-refractivity contribution in [2.24, 2.45) is 0 Å². The Labute approximate surface area is 117 Å². The number of H-pyrrole nitrogens is 1. The van der Waals surface area contributed by atoms with Crippen LogP contribution < -0.4 is 0 Å². The van der Waals surface area contributed by atoms with Crippen LogP contribution in [0.1, 0.15) is 32.3 Å². The van der Waals surface area contributed by atoms with E-state index in [-0.39, 0.29) is 5.41 Å². The molecule has 19 heavy (non-hydrogen) atoms. The molecule has 0 bridgehead atoms. The lowest BCUT2D eigenvalue weighted by atomic mass is 9.96. The van der Waals surface area contributed by atoms with E-state index in [1.807, 2.05) is 0 Å². The van der Waals surface area contributed by atoms with Crippen molar-refractivity contribution < 1.29 is 0 Å². The molecule has 3 heteroatoms. The molecule has 0 atom stereocenters. The molecule has 0 saturated carbocycles. The Bertz CT molecular complexity index is 696. The molecule has 98 valence electrons. The molecule has 1 N–H and O–H groups in total. The first-order valence-corrected chi connectivity index (χ1v) is 7.33. The summed E-state index contributed by atoms with van der Waals surface area (Å²) in [7, 11) is 0. The molecule has 0 fully saturated rings. The highest BCUT2D eigenvalue weighted by molar-refractivity contribution is 7.22. The van der Waals surface area contributed by atoms with Crippen molar-refractivity contribution in [2.75, 3.05) is 0 Å². The number of hydrogen-bond donors (Lipinski definition) is 1. The molecule has 2 aromatic heterocycles. The molecule has 3 aromatic rings. The lowest BCUT2D eigenvalue weighted by Gasteiger charge is -2.13. The third kappa shape index (κ3) is 2.19. The molecule has 0 amide bonds. The predicted molar refractivity (Wildman–Crippen MR) is 82.8 cm³/mol. The SMILES string of the molecule is Cc1[nH]c(C(C)(C)C)nc1-c1cc2ccccc2s1. The number of aromatic nitrogens is 2. The second kappa shape index (κ2) is 4.20. The van der Waals surface area contributed by atoms with Gasteiger partial charge in [-0.25, -0.2) is 4.98 Å². The molecule has 0 aliphatic heterocycles. The highest BCUT2D eigenvalue weighted by atomic mass is 32.1. The van der Waals surface area contributed by atoms with E-state index in [0.29, 0.717) is 0 Å². The Balaban J connectivity index is 2.13. The molecule has 0 spiro atoms. The molecule has 2 nitrogen and oxygen atoms in total. The van der Waals surface area contributed by atoms with Crippen LogP contribution in [0.25, 0.3) is 20.7 Å². The second-order valence-corrected chi connectivity index (χ2v) is 7.04. The van der Waals surface area contributed by atoms with Gasteiger partial charge in [-0.3, -0.25) is 0 Å². The van der Waals surface area contributed by atoms with Crippen molar-refractivity contribution >= 4 is 21.4 Å². The van der Waals surface area contributed by atoms with Gasteiger partial charge in [-0.1, -0.05) is 39.0 Å². The zero-order chi connectivity index (χ0) is 13.6. The maximum absolute atomic E-state index is 4.80. The van der Waals surface area contributed by atoms with Crippen LogP contribution in [0.3, 0.4) is 0 Å². The fourth-order valence-electron chi connectivity index (χ4n) is 2.15. The van der Waals surface area contributed by atoms with Crippen molar-refractivity contribution in [3.63, 3.8) is 0 Å². The molecule has 3 rings (SSSR count). The summed E-state index contributed by atoms with van der Waals surface area (Å²) in [5.74, 6) is 1.05. The number of nitrogens with zero attached hydrogens (tertiary/aromatic N) is 1. The van der Waals surface area contributed by atoms with Gasteiger partial charge in [0.1, 0.15) is 11.5 Å². The van der Waals surface area contributed by atoms with Gasteiger partial charge in [0.2, 0.25) is 0 Å². The standard InChI is InChI=1S/C16H18N2S/c1-10-14(18-15(17-10)16(2,3)4)13-9-11-7-5-6-8-12(11)19-13/h5-9H,1-4H3,(H,17,18). The van der Waals surface area contributed by atoms with Crippen LogP contribution in [0.15, 0.2) is 30.3 Å². The number of rotatable bonds is 1. The molecule has 0 radical (unpaired) electrons. The van der Waals surface area contributed by atoms with Crippen LogP contribution in [-0.2, 0) is 5.41 Å². The Hall–Kier alpha value is -1.61. The largest absolute Gasteiger partial charge is 0.345 e. The number of fused-ring (bicyclic) bond motifs is 1. The topological polar surface area (TPSA) is 28.7 Å². The van der Waals surface area contributed by atoms with E-state index in [0.717, 1.165) is 17.2 Å². The van der Waals surface area contributed by atoms with Crippen molar-refractivity contribution in [2.45, 2.75) is 33.1 Å². The van der Waals surface area contributed by atoms with Crippen LogP contribution >= 0.6 is 11.3 Å². The number of hydrogen-bond acceptors (Lipinski definition) is 2. The van der Waals surface area contributed by atoms with Crippen molar-refractivity contribution in [1.29, 1.82) is 0 Å². The Kier molecular flexibility index (Phi) is 2.75. The van der Waals surface area contributed by atoms with E-state index in [2.05, 4.69) is 63.0 Å². The van der Waals surface area contributed by atoms with Gasteiger partial charge in [0, 0.05) is 15.8 Å². The van der Waals surface area contributed by atoms with Gasteiger partial charge < -0.3 is 4.98 Å². The van der Waals surface area contributed by atoms with Gasteiger partial charge in [0.15, 0.2) is 0 Å². The summed E-state index contributed by atoms with van der Waals surface area (Å²) in [6, 6.07) is 10.7. The summed E-state index contributed by atoms with van der Waals surface area (Å²) in [6.45, 7) is 8.64. The van der Waals surface area contributed by atoms with Gasteiger partial charge in [-0.15, -0.1) is 11.3 Å². The fourth-order valence-corrected chi connectivity index (χ4v) is 3.26. The first-order valence-electron chi connectivity index (χ1n) is 6.51. The normalized spacial score (nSPS) is 12.2. The van der Waals surface area contributed by atoms with E-state index in [1.165, 1.54) is 15.0 Å². The summed E-state index contributed by atoms with van der Waals surface area (Å²) in [4.78, 5) is 9.47. The molecule has 1 aromatic carbocycles. The van der Waals surface area contributed by atoms with E-state index in [1.54, 1.807) is 11.3 Å². The van der Waals surface area contributed by atoms with Crippen LogP contribution in [0.4, 0.5) is 0 Å². The van der Waals surface area contributed by atoms with Gasteiger partial charge in [-0.05, 0) is 24.4 Å². The second-order valence-electron chi connectivity index (χ2n) is 5.96. The molecule has 0 aliphatic carbocycles. The average Bonchev–Trinajstić information content (AvgIpc) is 2.90. The van der Waals surface area contributed by atoms with Gasteiger partial charge in [0.05, 0.1) is 4.88 Å². The lowest BCUT2D eigenvalue weighted by Crippen LogP contribution is -2.13. The number of benzene rings is 1. The summed E-state index contributed by atoms with van der Waals surface area (Å²) in [5, 5.41) is 1.29. The predicted octanol–water partition coefficient (Wildman–Crippen LogP) is 4.90. The van der Waals surface area contributed by atoms with Crippen LogP contribution in [-0.4, -0.2) is 9.97 Å². The maximum Gasteiger partial charge on any atom is 0.112 e. The first-order chi connectivity index (χ1) is 8.95. The highest BCUT2D eigenvalue weighted by Gasteiger charge is 2.20. The Morgan fingerprint density at radius 2 is 1.89 bits per heavy atom. The molecule has 0 saturated heterocycles. The van der Waals surface area contributed by atoms with Crippen LogP contribution in [0, 0.1) is 6.92 Å². The number of thiophene rings is 1.